The van der Waals surface area contributed by atoms with Gasteiger partial charge in [0.2, 0.25) is 5.91 Å². The van der Waals surface area contributed by atoms with Crippen LogP contribution in [0.25, 0.3) is 11.2 Å². The molecule has 3 rings (SSSR count). The van der Waals surface area contributed by atoms with Crippen LogP contribution in [0.2, 0.25) is 0 Å². The zero-order valence-corrected chi connectivity index (χ0v) is 21.7. The molecule has 1 aliphatic heterocycles. The summed E-state index contributed by atoms with van der Waals surface area (Å²) in [4.78, 5) is 53.3. The maximum atomic E-state index is 12.2. The molecule has 0 bridgehead atoms. The van der Waals surface area contributed by atoms with Crippen molar-refractivity contribution < 1.29 is 67.0 Å². The van der Waals surface area contributed by atoms with Gasteiger partial charge >= 0.3 is 15.6 Å². The van der Waals surface area contributed by atoms with E-state index in [9.17, 15) is 48.9 Å². The lowest BCUT2D eigenvalue weighted by Crippen LogP contribution is -2.50. The summed E-state index contributed by atoms with van der Waals surface area (Å²) in [7, 11) is -10.8. The fourth-order valence-electron chi connectivity index (χ4n) is 3.44. The third-order valence-electron chi connectivity index (χ3n) is 5.29. The standard InChI is InChI=1S/C17H26N6O14P2/c1-7(25)22-8(2-24)12(27)9(26)3-34-38(30,31)37-39(32,33)35-4-10-13(28)14(29)17(36-10)23-6-21-11-15(18)19-5-20-16(11)23/h2,5-6,8-10,12-14,17,26-29H,3-4H2,1H3,(H,22,25)(H,30,31)(H,32,33)(H2,18,19,20)/t8-,9+,10+,12-,13+,14+,17+/m0/s1. The number of aliphatic hydroxyl groups is 4. The van der Waals surface area contributed by atoms with Gasteiger partial charge in [-0.2, -0.15) is 4.31 Å². The van der Waals surface area contributed by atoms with E-state index >= 15 is 0 Å². The van der Waals surface area contributed by atoms with E-state index in [0.29, 0.717) is 0 Å². The first-order valence-electron chi connectivity index (χ1n) is 10.8. The van der Waals surface area contributed by atoms with E-state index in [4.69, 9.17) is 10.5 Å². The number of amides is 1. The summed E-state index contributed by atoms with van der Waals surface area (Å²) in [5.41, 5.74) is 6.05. The molecule has 1 amide bonds. The predicted octanol–water partition coefficient (Wildman–Crippen LogP) is -3.30. The number of carbonyl (C=O) groups is 2. The van der Waals surface area contributed by atoms with Crippen molar-refractivity contribution in [2.24, 2.45) is 0 Å². The fourth-order valence-corrected chi connectivity index (χ4v) is 5.54. The van der Waals surface area contributed by atoms with Gasteiger partial charge in [0.15, 0.2) is 17.7 Å². The van der Waals surface area contributed by atoms with Crippen LogP contribution < -0.4 is 11.1 Å². The van der Waals surface area contributed by atoms with Gasteiger partial charge in [-0.3, -0.25) is 18.4 Å². The first-order chi connectivity index (χ1) is 18.2. The third kappa shape index (κ3) is 7.60. The van der Waals surface area contributed by atoms with Gasteiger partial charge in [-0.1, -0.05) is 0 Å². The number of fused-ring (bicyclic) bond motifs is 1. The molecule has 1 saturated heterocycles. The molecule has 1 fully saturated rings. The first kappa shape index (κ1) is 31.1. The van der Waals surface area contributed by atoms with Crippen molar-refractivity contribution in [3.8, 4) is 0 Å². The number of aliphatic hydroxyl groups excluding tert-OH is 4. The third-order valence-corrected chi connectivity index (χ3v) is 7.90. The molecule has 2 aromatic rings. The van der Waals surface area contributed by atoms with Crippen molar-refractivity contribution in [2.75, 3.05) is 18.9 Å². The summed E-state index contributed by atoms with van der Waals surface area (Å²) in [6.45, 7) is -1.07. The van der Waals surface area contributed by atoms with Crippen molar-refractivity contribution in [3.63, 3.8) is 0 Å². The van der Waals surface area contributed by atoms with E-state index in [0.717, 1.165) is 13.3 Å². The number of nitrogens with one attached hydrogen (secondary N) is 1. The molecule has 218 valence electrons. The van der Waals surface area contributed by atoms with Crippen molar-refractivity contribution >= 4 is 44.8 Å². The molecule has 0 spiro atoms. The number of ether oxygens (including phenoxy) is 1. The number of rotatable bonds is 13. The molecule has 2 aromatic heterocycles. The van der Waals surface area contributed by atoms with E-state index in [1.54, 1.807) is 0 Å². The van der Waals surface area contributed by atoms with Gasteiger partial charge in [-0.15, -0.1) is 0 Å². The van der Waals surface area contributed by atoms with E-state index in [-0.39, 0.29) is 23.3 Å². The summed E-state index contributed by atoms with van der Waals surface area (Å²) in [5, 5.41) is 42.5. The van der Waals surface area contributed by atoms with Crippen molar-refractivity contribution in [1.82, 2.24) is 24.8 Å². The van der Waals surface area contributed by atoms with Gasteiger partial charge < -0.3 is 50.8 Å². The highest BCUT2D eigenvalue weighted by Crippen LogP contribution is 2.60. The van der Waals surface area contributed by atoms with Crippen LogP contribution >= 0.6 is 15.6 Å². The van der Waals surface area contributed by atoms with Gasteiger partial charge in [0.1, 0.15) is 54.7 Å². The molecule has 2 unspecified atom stereocenters. The topological polar surface area (TPSA) is 308 Å². The highest BCUT2D eigenvalue weighted by atomic mass is 31.3. The zero-order chi connectivity index (χ0) is 29.1. The van der Waals surface area contributed by atoms with Gasteiger partial charge in [-0.25, -0.2) is 24.1 Å². The minimum Gasteiger partial charge on any atom is -0.388 e. The van der Waals surface area contributed by atoms with E-state index in [1.165, 1.54) is 10.9 Å². The van der Waals surface area contributed by atoms with E-state index in [2.05, 4.69) is 28.3 Å². The molecule has 20 nitrogen and oxygen atoms in total. The number of anilines is 1. The van der Waals surface area contributed by atoms with Crippen molar-refractivity contribution in [1.29, 1.82) is 0 Å². The number of nitrogens with two attached hydrogens (primary N) is 1. The second-order valence-electron chi connectivity index (χ2n) is 8.16. The lowest BCUT2D eigenvalue weighted by atomic mass is 10.1. The van der Waals surface area contributed by atoms with E-state index < -0.39 is 77.6 Å². The molecule has 9 atom stereocenters. The van der Waals surface area contributed by atoms with Crippen molar-refractivity contribution in [3.05, 3.63) is 12.7 Å². The van der Waals surface area contributed by atoms with Crippen LogP contribution in [0.5, 0.6) is 0 Å². The largest absolute Gasteiger partial charge is 0.481 e. The summed E-state index contributed by atoms with van der Waals surface area (Å²) >= 11 is 0. The minimum atomic E-state index is -5.42. The highest BCUT2D eigenvalue weighted by Gasteiger charge is 2.46. The molecule has 0 saturated carbocycles. The number of hydrogen-bond acceptors (Lipinski definition) is 16. The van der Waals surface area contributed by atoms with Crippen LogP contribution in [-0.2, 0) is 36.8 Å². The molecule has 1 aliphatic rings. The summed E-state index contributed by atoms with van der Waals surface area (Å²) in [6.07, 6.45) is -7.57. The molecule has 9 N–H and O–H groups in total. The molecule has 0 radical (unpaired) electrons. The monoisotopic (exact) mass is 600 g/mol. The number of nitrogens with zero attached hydrogens (tertiary/aromatic N) is 4. The smallest absolute Gasteiger partial charge is 0.388 e. The lowest BCUT2D eigenvalue weighted by molar-refractivity contribution is -0.126. The Bertz CT molecular complexity index is 1280. The van der Waals surface area contributed by atoms with Crippen LogP contribution in [0.1, 0.15) is 13.2 Å². The molecule has 39 heavy (non-hydrogen) atoms. The second-order valence-corrected chi connectivity index (χ2v) is 11.2. The number of imidazole rings is 1. The second kappa shape index (κ2) is 12.4. The van der Waals surface area contributed by atoms with Crippen LogP contribution in [0, 0.1) is 0 Å². The van der Waals surface area contributed by atoms with Gasteiger partial charge in [0, 0.05) is 6.92 Å². The van der Waals surface area contributed by atoms with Gasteiger partial charge in [-0.05, 0) is 0 Å². The number of phosphoric ester groups is 2. The first-order valence-corrected chi connectivity index (χ1v) is 13.8. The molecular weight excluding hydrogens is 574 g/mol. The highest BCUT2D eigenvalue weighted by molar-refractivity contribution is 7.61. The Labute approximate surface area is 218 Å². The Morgan fingerprint density at radius 2 is 1.87 bits per heavy atom. The maximum Gasteiger partial charge on any atom is 0.481 e. The number of nitrogen functional groups attached to an aromatic ring is 1. The molecular formula is C17H26N6O14P2. The Balaban J connectivity index is 1.56. The Hall–Kier alpha value is -2.45. The molecule has 22 heteroatoms. The van der Waals surface area contributed by atoms with Gasteiger partial charge in [0.05, 0.1) is 19.5 Å². The normalized spacial score (nSPS) is 26.8. The average molecular weight is 600 g/mol. The number of hydrogen-bond donors (Lipinski definition) is 8. The number of aldehydes is 1. The average Bonchev–Trinajstić information content (AvgIpc) is 3.40. The lowest BCUT2D eigenvalue weighted by Gasteiger charge is -2.24. The van der Waals surface area contributed by atoms with E-state index in [1.807, 2.05) is 5.32 Å². The summed E-state index contributed by atoms with van der Waals surface area (Å²) in [6, 6.07) is -1.59. The predicted molar refractivity (Wildman–Crippen MR) is 124 cm³/mol. The van der Waals surface area contributed by atoms with Crippen LogP contribution in [0.3, 0.4) is 0 Å². The number of aromatic nitrogens is 4. The van der Waals surface area contributed by atoms with Crippen LogP contribution in [-0.4, -0.2) is 112 Å². The SMILES string of the molecule is CC(=O)N[C@@H](C=O)[C@H](O)[C@H](O)COP(=O)(O)OP(=O)(O)OC[C@H]1O[C@@H](n2cnc3c(N)ncnc32)[C@H](O)[C@@H]1O. The van der Waals surface area contributed by atoms with Crippen LogP contribution in [0.15, 0.2) is 12.7 Å². The Morgan fingerprint density at radius 3 is 2.51 bits per heavy atom. The van der Waals surface area contributed by atoms with Crippen molar-refractivity contribution in [2.45, 2.75) is 49.7 Å². The zero-order valence-electron chi connectivity index (χ0n) is 19.9. The number of phosphoric acid groups is 2. The fraction of sp³-hybridized carbons (Fsp3) is 0.588. The summed E-state index contributed by atoms with van der Waals surface area (Å²) < 4.78 is 44.0. The number of carbonyl (C=O) groups excluding carboxylic acids is 2. The molecule has 3 heterocycles. The Kier molecular flexibility index (Phi) is 9.87. The maximum absolute atomic E-state index is 12.2. The molecule has 0 aromatic carbocycles. The Morgan fingerprint density at radius 1 is 1.21 bits per heavy atom. The quantitative estimate of drug-likeness (QED) is 0.0824. The summed E-state index contributed by atoms with van der Waals surface area (Å²) in [5.74, 6) is -0.681. The molecule has 0 aliphatic carbocycles. The van der Waals surface area contributed by atoms with Crippen LogP contribution in [0.4, 0.5) is 5.82 Å². The van der Waals surface area contributed by atoms with Gasteiger partial charge in [0.25, 0.3) is 0 Å². The minimum absolute atomic E-state index is 0.0407.